The molecule has 0 saturated carbocycles. The molecule has 3 saturated heterocycles. The molecule has 3 aliphatic heterocycles. The van der Waals surface area contributed by atoms with Gasteiger partial charge in [0.05, 0.1) is 10.8 Å². The molecule has 2 aromatic heterocycles. The van der Waals surface area contributed by atoms with Gasteiger partial charge in [-0.2, -0.15) is 0 Å². The highest BCUT2D eigenvalue weighted by Gasteiger charge is 2.45. The number of piperazine rings is 1. The second-order valence-electron chi connectivity index (χ2n) is 13.8. The predicted octanol–water partition coefficient (Wildman–Crippen LogP) is 4.25. The Morgan fingerprint density at radius 2 is 1.78 bits per heavy atom. The summed E-state index contributed by atoms with van der Waals surface area (Å²) in [5.41, 5.74) is 2.52. The van der Waals surface area contributed by atoms with E-state index in [1.54, 1.807) is 16.8 Å². The first-order valence-corrected chi connectivity index (χ1v) is 17.0. The van der Waals surface area contributed by atoms with Crippen LogP contribution in [0.3, 0.4) is 0 Å². The van der Waals surface area contributed by atoms with Crippen LogP contribution in [0.5, 0.6) is 0 Å². The van der Waals surface area contributed by atoms with Crippen molar-refractivity contribution in [3.8, 4) is 0 Å². The fraction of sp³-hybridized carbons (Fsp3) is 0.576. The number of anilines is 1. The average molecular weight is 638 g/mol. The van der Waals surface area contributed by atoms with Crippen molar-refractivity contribution in [2.75, 3.05) is 57.8 Å². The number of aromatic amines is 1. The van der Waals surface area contributed by atoms with E-state index in [1.165, 1.54) is 17.8 Å². The van der Waals surface area contributed by atoms with Gasteiger partial charge in [-0.25, -0.2) is 14.2 Å². The number of benzene rings is 1. The molecule has 0 aliphatic carbocycles. The molecule has 5 heterocycles. The van der Waals surface area contributed by atoms with Crippen LogP contribution in [0.4, 0.5) is 10.1 Å². The molecule has 0 bridgehead atoms. The van der Waals surface area contributed by atoms with Crippen molar-refractivity contribution in [1.82, 2.24) is 29.2 Å². The van der Waals surface area contributed by atoms with Crippen LogP contribution in [-0.4, -0.2) is 99.2 Å². The number of hydrogen-bond donors (Lipinski definition) is 1. The van der Waals surface area contributed by atoms with Crippen molar-refractivity contribution in [3.63, 3.8) is 0 Å². The molecule has 3 fully saturated rings. The van der Waals surface area contributed by atoms with Crippen molar-refractivity contribution in [1.29, 1.82) is 0 Å². The quantitative estimate of drug-likeness (QED) is 0.414. The number of likely N-dealkylation sites (tertiary alicyclic amines) is 1. The van der Waals surface area contributed by atoms with E-state index >= 15 is 4.39 Å². The first kappa shape index (κ1) is 31.6. The number of imidazole rings is 1. The Bertz CT molecular complexity index is 1600. The predicted molar refractivity (Wildman–Crippen MR) is 176 cm³/mol. The zero-order valence-corrected chi connectivity index (χ0v) is 27.5. The minimum absolute atomic E-state index is 0.00786. The summed E-state index contributed by atoms with van der Waals surface area (Å²) in [7, 11) is 2.09. The second-order valence-corrected chi connectivity index (χ2v) is 15.1. The van der Waals surface area contributed by atoms with E-state index in [0.717, 1.165) is 43.8 Å². The van der Waals surface area contributed by atoms with Crippen molar-refractivity contribution in [2.45, 2.75) is 63.1 Å². The van der Waals surface area contributed by atoms with Crippen molar-refractivity contribution in [3.05, 3.63) is 58.4 Å². The number of nitrogens with one attached hydrogen (secondary N) is 1. The molecule has 6 rings (SSSR count). The topological polar surface area (TPSA) is 97.8 Å². The van der Waals surface area contributed by atoms with E-state index in [1.807, 2.05) is 28.0 Å². The number of pyridine rings is 1. The molecule has 3 aromatic rings. The van der Waals surface area contributed by atoms with Crippen LogP contribution in [0, 0.1) is 11.2 Å². The molecule has 1 N–H and O–H groups in total. The van der Waals surface area contributed by atoms with Crippen LogP contribution in [0.25, 0.3) is 11.2 Å². The number of hydrogen-bond acceptors (Lipinski definition) is 7. The van der Waals surface area contributed by atoms with Gasteiger partial charge in [0.25, 0.3) is 0 Å². The fourth-order valence-electron chi connectivity index (χ4n) is 6.71. The molecule has 0 spiro atoms. The number of H-pyrrole nitrogens is 1. The van der Waals surface area contributed by atoms with Gasteiger partial charge in [0.1, 0.15) is 11.2 Å². The minimum atomic E-state index is -0.581. The third-order valence-corrected chi connectivity index (χ3v) is 10.8. The third-order valence-electron chi connectivity index (χ3n) is 9.39. The molecule has 2 atom stereocenters. The molecule has 2 amide bonds. The normalized spacial score (nSPS) is 22.2. The molecule has 2 unspecified atom stereocenters. The lowest BCUT2D eigenvalue weighted by Crippen LogP contribution is -2.45. The van der Waals surface area contributed by atoms with Gasteiger partial charge in [0, 0.05) is 75.7 Å². The van der Waals surface area contributed by atoms with Gasteiger partial charge in [-0.05, 0) is 56.0 Å². The Kier molecular flexibility index (Phi) is 8.98. The second kappa shape index (κ2) is 12.8. The minimum Gasteiger partial charge on any atom is -0.369 e. The summed E-state index contributed by atoms with van der Waals surface area (Å²) in [4.78, 5) is 55.5. The van der Waals surface area contributed by atoms with Gasteiger partial charge < -0.3 is 19.6 Å². The largest absolute Gasteiger partial charge is 0.369 e. The summed E-state index contributed by atoms with van der Waals surface area (Å²) in [6.07, 6.45) is 3.78. The number of carbonyl (C=O) groups is 2. The van der Waals surface area contributed by atoms with Crippen molar-refractivity contribution < 1.29 is 14.0 Å². The van der Waals surface area contributed by atoms with Crippen LogP contribution in [-0.2, 0) is 9.59 Å². The summed E-state index contributed by atoms with van der Waals surface area (Å²) >= 11 is 1.41. The summed E-state index contributed by atoms with van der Waals surface area (Å²) in [6.45, 7) is 11.3. The maximum atomic E-state index is 15.8. The lowest BCUT2D eigenvalue weighted by Gasteiger charge is -2.37. The summed E-state index contributed by atoms with van der Waals surface area (Å²) in [5, 5.41) is -1.08. The number of fused-ring (bicyclic) bond motifs is 1. The van der Waals surface area contributed by atoms with Gasteiger partial charge in [-0.1, -0.05) is 26.8 Å². The lowest BCUT2D eigenvalue weighted by atomic mass is 9.92. The van der Waals surface area contributed by atoms with Gasteiger partial charge in [0.15, 0.2) is 5.65 Å². The number of aromatic nitrogens is 3. The fourth-order valence-corrected chi connectivity index (χ4v) is 8.23. The summed E-state index contributed by atoms with van der Waals surface area (Å²) in [5.74, 6) is -0.478. The molecule has 45 heavy (non-hydrogen) atoms. The van der Waals surface area contributed by atoms with Crippen LogP contribution < -0.4 is 10.6 Å². The number of rotatable bonds is 7. The zero-order chi connectivity index (χ0) is 31.9. The molecule has 0 radical (unpaired) electrons. The molecule has 3 aliphatic rings. The van der Waals surface area contributed by atoms with E-state index < -0.39 is 10.6 Å². The molecular formula is C33H44FN7O3S. The number of halogens is 1. The van der Waals surface area contributed by atoms with Crippen LogP contribution in [0.2, 0.25) is 0 Å². The van der Waals surface area contributed by atoms with Gasteiger partial charge in [0.2, 0.25) is 11.8 Å². The van der Waals surface area contributed by atoms with E-state index in [0.29, 0.717) is 43.7 Å². The van der Waals surface area contributed by atoms with Crippen LogP contribution in [0.15, 0.2) is 41.3 Å². The molecule has 12 heteroatoms. The first-order valence-electron chi connectivity index (χ1n) is 16.0. The highest BCUT2D eigenvalue weighted by atomic mass is 32.2. The number of amides is 2. The molecular weight excluding hydrogens is 593 g/mol. The smallest absolute Gasteiger partial charge is 0.327 e. The van der Waals surface area contributed by atoms with E-state index in [4.69, 9.17) is 0 Å². The Hall–Kier alpha value is -3.38. The first-order chi connectivity index (χ1) is 21.5. The maximum absolute atomic E-state index is 15.8. The number of nitrogens with zero attached hydrogens (tertiary/aromatic N) is 6. The van der Waals surface area contributed by atoms with Gasteiger partial charge in [-0.3, -0.25) is 19.1 Å². The summed E-state index contributed by atoms with van der Waals surface area (Å²) in [6, 6.07) is 8.86. The Morgan fingerprint density at radius 3 is 2.49 bits per heavy atom. The molecule has 10 nitrogen and oxygen atoms in total. The Morgan fingerprint density at radius 1 is 1.04 bits per heavy atom. The Balaban J connectivity index is 1.18. The van der Waals surface area contributed by atoms with E-state index in [2.05, 4.69) is 47.6 Å². The monoisotopic (exact) mass is 637 g/mol. The standard InChI is InChI=1S/C33H44FN7O3S/c1-33(2,3)12-16-40-30(43)26(45-31(40)28-23(34)7-5-8-24(28)38-19-17-37(4)18-20-38)21-27(42)39-14-10-22(11-15-39)41-25-9-6-13-35-29(25)36-32(41)44/h5-9,13,22,26,31H,10-12,14-21H2,1-4H3,(H,35,36,44). The Labute approximate surface area is 267 Å². The van der Waals surface area contributed by atoms with E-state index in [-0.39, 0.29) is 41.2 Å². The third kappa shape index (κ3) is 6.63. The van der Waals surface area contributed by atoms with Gasteiger partial charge in [-0.15, -0.1) is 11.8 Å². The molecule has 242 valence electrons. The van der Waals surface area contributed by atoms with E-state index in [9.17, 15) is 14.4 Å². The highest BCUT2D eigenvalue weighted by molar-refractivity contribution is 8.01. The number of likely N-dealkylation sites (N-methyl/N-ethyl adjacent to an activating group) is 1. The summed E-state index contributed by atoms with van der Waals surface area (Å²) < 4.78 is 17.5. The van der Waals surface area contributed by atoms with Crippen LogP contribution >= 0.6 is 11.8 Å². The number of thioether (sulfide) groups is 1. The van der Waals surface area contributed by atoms with Crippen LogP contribution in [0.1, 0.15) is 63.4 Å². The van der Waals surface area contributed by atoms with Crippen molar-refractivity contribution >= 4 is 40.4 Å². The zero-order valence-electron chi connectivity index (χ0n) is 26.7. The van der Waals surface area contributed by atoms with Crippen molar-refractivity contribution in [2.24, 2.45) is 5.41 Å². The lowest BCUT2D eigenvalue weighted by molar-refractivity contribution is -0.136. The SMILES string of the molecule is CN1CCN(c2cccc(F)c2C2SC(CC(=O)N3CCC(n4c(=O)[nH]c5ncccc54)CC3)C(=O)N2CCC(C)(C)C)CC1. The number of carbonyl (C=O) groups excluding carboxylic acids is 2. The highest BCUT2D eigenvalue weighted by Crippen LogP contribution is 2.49. The average Bonchev–Trinajstić information content (AvgIpc) is 3.50. The van der Waals surface area contributed by atoms with Gasteiger partial charge >= 0.3 is 5.69 Å². The maximum Gasteiger partial charge on any atom is 0.327 e. The number of piperidine rings is 1. The molecule has 1 aromatic carbocycles.